The van der Waals surface area contributed by atoms with E-state index in [0.29, 0.717) is 5.69 Å². The van der Waals surface area contributed by atoms with E-state index in [1.165, 1.54) is 5.56 Å². The van der Waals surface area contributed by atoms with E-state index >= 15 is 0 Å². The molecule has 6 heteroatoms. The molecule has 1 aliphatic rings. The highest BCUT2D eigenvalue weighted by molar-refractivity contribution is 6.39. The molecular weight excluding hydrogens is 390 g/mol. The van der Waals surface area contributed by atoms with Crippen LogP contribution in [0.2, 0.25) is 0 Å². The average molecular weight is 413 g/mol. The number of carbonyl (C=O) groups excluding carboxylic acids is 3. The van der Waals surface area contributed by atoms with Crippen LogP contribution in [0.15, 0.2) is 60.2 Å². The van der Waals surface area contributed by atoms with Crippen molar-refractivity contribution in [1.29, 1.82) is 0 Å². The van der Waals surface area contributed by atoms with Crippen molar-refractivity contribution < 1.29 is 14.4 Å². The lowest BCUT2D eigenvalue weighted by atomic mass is 10.1. The Morgan fingerprint density at radius 1 is 0.871 bits per heavy atom. The SMILES string of the molecule is Cc1ccc(-n2c(C)cc(/C=C3/C(=O)NC(=O)N(c4ccccc4C)C3=O)c2C)cc1. The topological polar surface area (TPSA) is 71.4 Å². The van der Waals surface area contributed by atoms with Gasteiger partial charge in [-0.05, 0) is 69.2 Å². The fourth-order valence-corrected chi connectivity index (χ4v) is 3.87. The molecule has 31 heavy (non-hydrogen) atoms. The van der Waals surface area contributed by atoms with Gasteiger partial charge in [0.15, 0.2) is 0 Å². The van der Waals surface area contributed by atoms with Gasteiger partial charge in [0.25, 0.3) is 11.8 Å². The standard InChI is InChI=1S/C25H23N3O3/c1-15-9-11-20(12-10-15)27-17(3)13-19(18(27)4)14-21-23(29)26-25(31)28(24(21)30)22-8-6-5-7-16(22)2/h5-14H,1-4H3,(H,26,29,31)/b21-14-. The van der Waals surface area contributed by atoms with Gasteiger partial charge in [0, 0.05) is 17.1 Å². The highest BCUT2D eigenvalue weighted by atomic mass is 16.2. The van der Waals surface area contributed by atoms with Gasteiger partial charge in [0.05, 0.1) is 5.69 Å². The van der Waals surface area contributed by atoms with Gasteiger partial charge in [-0.15, -0.1) is 0 Å². The minimum Gasteiger partial charge on any atom is -0.318 e. The smallest absolute Gasteiger partial charge is 0.318 e. The highest BCUT2D eigenvalue weighted by Crippen LogP contribution is 2.27. The van der Waals surface area contributed by atoms with E-state index in [9.17, 15) is 14.4 Å². The van der Waals surface area contributed by atoms with Crippen LogP contribution in [0.3, 0.4) is 0 Å². The summed E-state index contributed by atoms with van der Waals surface area (Å²) >= 11 is 0. The molecule has 1 N–H and O–H groups in total. The molecule has 0 unspecified atom stereocenters. The van der Waals surface area contributed by atoms with Crippen molar-refractivity contribution in [3.63, 3.8) is 0 Å². The van der Waals surface area contributed by atoms with Crippen LogP contribution in [-0.4, -0.2) is 22.4 Å². The number of nitrogens with one attached hydrogen (secondary N) is 1. The Morgan fingerprint density at radius 3 is 2.23 bits per heavy atom. The van der Waals surface area contributed by atoms with Crippen LogP contribution in [0.25, 0.3) is 11.8 Å². The first-order valence-corrected chi connectivity index (χ1v) is 10.0. The number of aryl methyl sites for hydroxylation is 3. The summed E-state index contributed by atoms with van der Waals surface area (Å²) in [6, 6.07) is 16.4. The van der Waals surface area contributed by atoms with Crippen LogP contribution in [0.5, 0.6) is 0 Å². The summed E-state index contributed by atoms with van der Waals surface area (Å²) < 4.78 is 2.07. The highest BCUT2D eigenvalue weighted by Gasteiger charge is 2.37. The zero-order valence-electron chi connectivity index (χ0n) is 17.9. The van der Waals surface area contributed by atoms with E-state index in [2.05, 4.69) is 9.88 Å². The molecule has 1 aromatic heterocycles. The van der Waals surface area contributed by atoms with Crippen molar-refractivity contribution in [1.82, 2.24) is 9.88 Å². The molecule has 2 aromatic carbocycles. The Labute approximate surface area is 180 Å². The number of anilines is 1. The predicted octanol–water partition coefficient (Wildman–Crippen LogP) is 4.38. The van der Waals surface area contributed by atoms with Crippen LogP contribution in [0.4, 0.5) is 10.5 Å². The Hall–Kier alpha value is -3.93. The first-order chi connectivity index (χ1) is 14.8. The molecule has 1 fully saturated rings. The summed E-state index contributed by atoms with van der Waals surface area (Å²) in [7, 11) is 0. The minimum atomic E-state index is -0.744. The number of hydrogen-bond acceptors (Lipinski definition) is 3. The van der Waals surface area contributed by atoms with E-state index < -0.39 is 17.8 Å². The van der Waals surface area contributed by atoms with Gasteiger partial charge >= 0.3 is 6.03 Å². The second kappa shape index (κ2) is 7.72. The summed E-state index contributed by atoms with van der Waals surface area (Å²) in [5.41, 5.74) is 5.92. The van der Waals surface area contributed by atoms with Gasteiger partial charge in [0.2, 0.25) is 0 Å². The minimum absolute atomic E-state index is 0.0768. The third-order valence-corrected chi connectivity index (χ3v) is 5.52. The number of aromatic nitrogens is 1. The van der Waals surface area contributed by atoms with Crippen LogP contribution in [0.1, 0.15) is 28.1 Å². The van der Waals surface area contributed by atoms with Crippen LogP contribution < -0.4 is 10.2 Å². The Kier molecular flexibility index (Phi) is 5.07. The molecule has 1 saturated heterocycles. The van der Waals surface area contributed by atoms with Crippen LogP contribution >= 0.6 is 0 Å². The Balaban J connectivity index is 1.77. The third-order valence-electron chi connectivity index (χ3n) is 5.52. The zero-order chi connectivity index (χ0) is 22.3. The number of carbonyl (C=O) groups is 3. The first kappa shape index (κ1) is 20.3. The van der Waals surface area contributed by atoms with Gasteiger partial charge in [-0.2, -0.15) is 0 Å². The second-order valence-electron chi connectivity index (χ2n) is 7.74. The maximum atomic E-state index is 13.2. The number of benzene rings is 2. The molecule has 0 radical (unpaired) electrons. The molecule has 6 nitrogen and oxygen atoms in total. The molecule has 0 saturated carbocycles. The number of barbiturate groups is 1. The van der Waals surface area contributed by atoms with Gasteiger partial charge in [-0.25, -0.2) is 9.69 Å². The summed E-state index contributed by atoms with van der Waals surface area (Å²) in [6.07, 6.45) is 1.56. The monoisotopic (exact) mass is 413 g/mol. The number of urea groups is 1. The lowest BCUT2D eigenvalue weighted by Crippen LogP contribution is -2.54. The quantitative estimate of drug-likeness (QED) is 0.512. The van der Waals surface area contributed by atoms with Gasteiger partial charge in [0.1, 0.15) is 5.57 Å². The third kappa shape index (κ3) is 3.57. The predicted molar refractivity (Wildman–Crippen MR) is 120 cm³/mol. The van der Waals surface area contributed by atoms with Crippen molar-refractivity contribution in [3.05, 3.63) is 88.2 Å². The van der Waals surface area contributed by atoms with E-state index in [1.54, 1.807) is 18.2 Å². The van der Waals surface area contributed by atoms with Crippen molar-refractivity contribution in [2.75, 3.05) is 4.90 Å². The number of hydrogen-bond donors (Lipinski definition) is 1. The van der Waals surface area contributed by atoms with Gasteiger partial charge < -0.3 is 4.57 Å². The number of imide groups is 2. The molecule has 4 rings (SSSR count). The van der Waals surface area contributed by atoms with Gasteiger partial charge in [-0.1, -0.05) is 35.9 Å². The molecule has 0 atom stereocenters. The normalized spacial score (nSPS) is 15.5. The maximum absolute atomic E-state index is 13.2. The largest absolute Gasteiger partial charge is 0.335 e. The second-order valence-corrected chi connectivity index (χ2v) is 7.74. The fourth-order valence-electron chi connectivity index (χ4n) is 3.87. The van der Waals surface area contributed by atoms with Crippen LogP contribution in [0, 0.1) is 27.7 Å². The first-order valence-electron chi connectivity index (χ1n) is 10.0. The Bertz CT molecular complexity index is 1250. The molecule has 0 spiro atoms. The fraction of sp³-hybridized carbons (Fsp3) is 0.160. The van der Waals surface area contributed by atoms with Gasteiger partial charge in [-0.3, -0.25) is 14.9 Å². The van der Waals surface area contributed by atoms with E-state index in [1.807, 2.05) is 70.2 Å². The van der Waals surface area contributed by atoms with Crippen molar-refractivity contribution in [3.8, 4) is 5.69 Å². The van der Waals surface area contributed by atoms with E-state index in [0.717, 1.165) is 33.1 Å². The van der Waals surface area contributed by atoms with E-state index in [4.69, 9.17) is 0 Å². The molecule has 1 aliphatic heterocycles. The van der Waals surface area contributed by atoms with Crippen molar-refractivity contribution >= 4 is 29.6 Å². The number of amides is 4. The maximum Gasteiger partial charge on any atom is 0.335 e. The summed E-state index contributed by atoms with van der Waals surface area (Å²) in [5.74, 6) is -1.33. The molecular formula is C25H23N3O3. The molecule has 2 heterocycles. The number of nitrogens with zero attached hydrogens (tertiary/aromatic N) is 2. The summed E-state index contributed by atoms with van der Waals surface area (Å²) in [4.78, 5) is 39.2. The Morgan fingerprint density at radius 2 is 1.55 bits per heavy atom. The van der Waals surface area contributed by atoms with Crippen LogP contribution in [-0.2, 0) is 9.59 Å². The zero-order valence-corrected chi connectivity index (χ0v) is 17.9. The molecule has 3 aromatic rings. The number of para-hydroxylation sites is 1. The molecule has 0 aliphatic carbocycles. The molecule has 0 bridgehead atoms. The molecule has 156 valence electrons. The lowest BCUT2D eigenvalue weighted by Gasteiger charge is -2.27. The lowest BCUT2D eigenvalue weighted by molar-refractivity contribution is -0.122. The summed E-state index contributed by atoms with van der Waals surface area (Å²) in [6.45, 7) is 7.75. The summed E-state index contributed by atoms with van der Waals surface area (Å²) in [5, 5.41) is 2.29. The molecule has 4 amide bonds. The van der Waals surface area contributed by atoms with Crippen molar-refractivity contribution in [2.45, 2.75) is 27.7 Å². The van der Waals surface area contributed by atoms with E-state index in [-0.39, 0.29) is 5.57 Å². The average Bonchev–Trinajstić information content (AvgIpc) is 3.00. The van der Waals surface area contributed by atoms with Crippen molar-refractivity contribution in [2.24, 2.45) is 0 Å². The number of rotatable bonds is 3.